The molecule has 4 nitrogen and oxygen atoms in total. The van der Waals surface area contributed by atoms with Crippen LogP contribution in [-0.4, -0.2) is 32.2 Å². The minimum atomic E-state index is 0.262. The number of ether oxygens (including phenoxy) is 1. The Kier molecular flexibility index (Phi) is 7.10. The second-order valence-electron chi connectivity index (χ2n) is 7.24. The SMILES string of the molecule is COCc1nc(N(C)CC(C)(C)C)sc1CNCC(C)C. The summed E-state index contributed by atoms with van der Waals surface area (Å²) in [6.45, 7) is 14.7. The molecule has 122 valence electrons. The lowest BCUT2D eigenvalue weighted by Crippen LogP contribution is -2.28. The molecule has 1 heterocycles. The molecular formula is C16H31N3OS. The van der Waals surface area contributed by atoms with Crippen LogP contribution >= 0.6 is 11.3 Å². The van der Waals surface area contributed by atoms with Gasteiger partial charge in [-0.05, 0) is 17.9 Å². The molecule has 0 unspecified atom stereocenters. The van der Waals surface area contributed by atoms with Crippen molar-refractivity contribution in [1.29, 1.82) is 0 Å². The van der Waals surface area contributed by atoms with E-state index in [9.17, 15) is 0 Å². The van der Waals surface area contributed by atoms with Crippen LogP contribution in [0.5, 0.6) is 0 Å². The van der Waals surface area contributed by atoms with Crippen molar-refractivity contribution in [3.8, 4) is 0 Å². The van der Waals surface area contributed by atoms with E-state index in [0.29, 0.717) is 12.5 Å². The van der Waals surface area contributed by atoms with E-state index in [1.165, 1.54) is 4.88 Å². The Morgan fingerprint density at radius 1 is 1.33 bits per heavy atom. The van der Waals surface area contributed by atoms with E-state index in [-0.39, 0.29) is 5.41 Å². The number of anilines is 1. The summed E-state index contributed by atoms with van der Waals surface area (Å²) in [6.07, 6.45) is 0. The average Bonchev–Trinajstić information content (AvgIpc) is 2.71. The third kappa shape index (κ3) is 6.76. The highest BCUT2D eigenvalue weighted by Crippen LogP contribution is 2.28. The van der Waals surface area contributed by atoms with Crippen LogP contribution in [0.4, 0.5) is 5.13 Å². The summed E-state index contributed by atoms with van der Waals surface area (Å²) in [5.74, 6) is 0.659. The van der Waals surface area contributed by atoms with Gasteiger partial charge < -0.3 is 15.0 Å². The summed E-state index contributed by atoms with van der Waals surface area (Å²) in [5, 5.41) is 4.58. The van der Waals surface area contributed by atoms with E-state index in [4.69, 9.17) is 9.72 Å². The van der Waals surface area contributed by atoms with Crippen LogP contribution in [0.3, 0.4) is 0 Å². The van der Waals surface area contributed by atoms with Gasteiger partial charge in [-0.15, -0.1) is 11.3 Å². The zero-order valence-electron chi connectivity index (χ0n) is 14.6. The topological polar surface area (TPSA) is 37.4 Å². The van der Waals surface area contributed by atoms with Gasteiger partial charge in [-0.3, -0.25) is 0 Å². The average molecular weight is 314 g/mol. The van der Waals surface area contributed by atoms with Crippen LogP contribution in [0.1, 0.15) is 45.2 Å². The van der Waals surface area contributed by atoms with Crippen molar-refractivity contribution < 1.29 is 4.74 Å². The first kappa shape index (κ1) is 18.4. The fourth-order valence-corrected chi connectivity index (χ4v) is 3.17. The number of aromatic nitrogens is 1. The maximum Gasteiger partial charge on any atom is 0.185 e. The highest BCUT2D eigenvalue weighted by atomic mass is 32.1. The van der Waals surface area contributed by atoms with Crippen molar-refractivity contribution in [3.63, 3.8) is 0 Å². The molecular weight excluding hydrogens is 282 g/mol. The van der Waals surface area contributed by atoms with Gasteiger partial charge in [0.15, 0.2) is 5.13 Å². The van der Waals surface area contributed by atoms with E-state index in [1.54, 1.807) is 18.4 Å². The Balaban J connectivity index is 2.77. The Morgan fingerprint density at radius 3 is 2.52 bits per heavy atom. The highest BCUT2D eigenvalue weighted by Gasteiger charge is 2.18. The lowest BCUT2D eigenvalue weighted by Gasteiger charge is -2.26. The number of nitrogens with one attached hydrogen (secondary N) is 1. The third-order valence-corrected chi connectivity index (χ3v) is 4.14. The molecule has 21 heavy (non-hydrogen) atoms. The van der Waals surface area contributed by atoms with Gasteiger partial charge in [0.05, 0.1) is 12.3 Å². The molecule has 0 aliphatic heterocycles. The van der Waals surface area contributed by atoms with Crippen LogP contribution in [-0.2, 0) is 17.9 Å². The number of methoxy groups -OCH3 is 1. The number of nitrogens with zero attached hydrogens (tertiary/aromatic N) is 2. The van der Waals surface area contributed by atoms with E-state index >= 15 is 0 Å². The second kappa shape index (κ2) is 8.11. The van der Waals surface area contributed by atoms with Gasteiger partial charge >= 0.3 is 0 Å². The Bertz CT molecular complexity index is 424. The normalized spacial score (nSPS) is 12.2. The van der Waals surface area contributed by atoms with Gasteiger partial charge in [0.2, 0.25) is 0 Å². The van der Waals surface area contributed by atoms with Gasteiger partial charge in [-0.1, -0.05) is 34.6 Å². The van der Waals surface area contributed by atoms with E-state index < -0.39 is 0 Å². The molecule has 0 saturated heterocycles. The Hall–Kier alpha value is -0.650. The van der Waals surface area contributed by atoms with E-state index in [1.807, 2.05) is 0 Å². The predicted octanol–water partition coefficient (Wildman–Crippen LogP) is 3.52. The van der Waals surface area contributed by atoms with Crippen molar-refractivity contribution in [2.24, 2.45) is 11.3 Å². The zero-order chi connectivity index (χ0) is 16.0. The van der Waals surface area contributed by atoms with Gasteiger partial charge in [-0.2, -0.15) is 0 Å². The quantitative estimate of drug-likeness (QED) is 0.797. The molecule has 0 saturated carbocycles. The van der Waals surface area contributed by atoms with Crippen molar-refractivity contribution in [2.75, 3.05) is 32.1 Å². The fraction of sp³-hybridized carbons (Fsp3) is 0.812. The van der Waals surface area contributed by atoms with Crippen molar-refractivity contribution >= 4 is 16.5 Å². The molecule has 0 radical (unpaired) electrons. The molecule has 1 rings (SSSR count). The number of hydrogen-bond acceptors (Lipinski definition) is 5. The molecule has 0 aliphatic rings. The van der Waals surface area contributed by atoms with Crippen LogP contribution in [0.2, 0.25) is 0 Å². The van der Waals surface area contributed by atoms with Crippen molar-refractivity contribution in [2.45, 2.75) is 47.8 Å². The predicted molar refractivity (Wildman–Crippen MR) is 92.1 cm³/mol. The smallest absolute Gasteiger partial charge is 0.185 e. The molecule has 0 spiro atoms. The molecule has 0 aromatic carbocycles. The summed E-state index contributed by atoms with van der Waals surface area (Å²) < 4.78 is 5.29. The first-order valence-corrected chi connectivity index (χ1v) is 8.44. The first-order valence-electron chi connectivity index (χ1n) is 7.62. The third-order valence-electron chi connectivity index (χ3n) is 2.92. The largest absolute Gasteiger partial charge is 0.378 e. The van der Waals surface area contributed by atoms with Gasteiger partial charge in [0, 0.05) is 32.1 Å². The van der Waals surface area contributed by atoms with Gasteiger partial charge in [-0.25, -0.2) is 4.98 Å². The van der Waals surface area contributed by atoms with Gasteiger partial charge in [0.1, 0.15) is 0 Å². The van der Waals surface area contributed by atoms with Crippen molar-refractivity contribution in [1.82, 2.24) is 10.3 Å². The first-order chi connectivity index (χ1) is 9.73. The van der Waals surface area contributed by atoms with Gasteiger partial charge in [0.25, 0.3) is 0 Å². The maximum absolute atomic E-state index is 5.29. The van der Waals surface area contributed by atoms with Crippen molar-refractivity contribution in [3.05, 3.63) is 10.6 Å². The van der Waals surface area contributed by atoms with Crippen LogP contribution < -0.4 is 10.2 Å². The summed E-state index contributed by atoms with van der Waals surface area (Å²) in [4.78, 5) is 8.29. The molecule has 1 N–H and O–H groups in total. The summed E-state index contributed by atoms with van der Waals surface area (Å²) in [7, 11) is 3.84. The molecule has 5 heteroatoms. The zero-order valence-corrected chi connectivity index (χ0v) is 15.4. The van der Waals surface area contributed by atoms with E-state index in [2.05, 4.69) is 51.9 Å². The Labute approximate surface area is 133 Å². The van der Waals surface area contributed by atoms with Crippen LogP contribution in [0, 0.1) is 11.3 Å². The summed E-state index contributed by atoms with van der Waals surface area (Å²) in [5.41, 5.74) is 1.33. The molecule has 0 bridgehead atoms. The lowest BCUT2D eigenvalue weighted by atomic mass is 9.96. The molecule has 0 amide bonds. The highest BCUT2D eigenvalue weighted by molar-refractivity contribution is 7.15. The molecule has 1 aromatic rings. The lowest BCUT2D eigenvalue weighted by molar-refractivity contribution is 0.181. The van der Waals surface area contributed by atoms with E-state index in [0.717, 1.165) is 30.5 Å². The summed E-state index contributed by atoms with van der Waals surface area (Å²) in [6, 6.07) is 0. The van der Waals surface area contributed by atoms with Crippen LogP contribution in [0.25, 0.3) is 0 Å². The monoisotopic (exact) mass is 313 g/mol. The summed E-state index contributed by atoms with van der Waals surface area (Å²) >= 11 is 1.77. The minimum absolute atomic E-state index is 0.262. The maximum atomic E-state index is 5.29. The molecule has 0 aliphatic carbocycles. The Morgan fingerprint density at radius 2 is 2.00 bits per heavy atom. The van der Waals surface area contributed by atoms with Crippen LogP contribution in [0.15, 0.2) is 0 Å². The molecule has 1 aromatic heterocycles. The number of rotatable bonds is 8. The number of hydrogen-bond donors (Lipinski definition) is 1. The second-order valence-corrected chi connectivity index (χ2v) is 8.30. The number of thiazole rings is 1. The molecule has 0 fully saturated rings. The fourth-order valence-electron chi connectivity index (χ4n) is 2.17. The minimum Gasteiger partial charge on any atom is -0.378 e. The standard InChI is InChI=1S/C16H31N3OS/c1-12(2)8-17-9-14-13(10-20-7)18-15(21-14)19(6)11-16(3,4)5/h12,17H,8-11H2,1-7H3. The molecule has 0 atom stereocenters.